The molecule has 1 saturated carbocycles. The van der Waals surface area contributed by atoms with Gasteiger partial charge < -0.3 is 14.6 Å². The van der Waals surface area contributed by atoms with E-state index in [0.29, 0.717) is 35.8 Å². The second kappa shape index (κ2) is 5.99. The average Bonchev–Trinajstić information content (AvgIpc) is 2.63. The molecule has 0 radical (unpaired) electrons. The first-order valence-electron chi connectivity index (χ1n) is 9.10. The average molecular weight is 340 g/mol. The molecule has 2 unspecified atom stereocenters. The zero-order valence-electron chi connectivity index (χ0n) is 14.6. The highest BCUT2D eigenvalue weighted by Crippen LogP contribution is 2.40. The third-order valence-electron chi connectivity index (χ3n) is 6.04. The standard InChI is InChI=1S/C20H24N2O3/c1-21-13-17(15-7-2-3-8-16(15)18(21)23)19(24)22-11-10-20(25)9-5-4-6-14(20)12-22/h2-3,7-8,13-14,25H,4-6,9-12H2,1H3. The zero-order chi connectivity index (χ0) is 17.6. The summed E-state index contributed by atoms with van der Waals surface area (Å²) in [6, 6.07) is 7.28. The van der Waals surface area contributed by atoms with Crippen LogP contribution in [-0.2, 0) is 7.05 Å². The summed E-state index contributed by atoms with van der Waals surface area (Å²) in [4.78, 5) is 27.4. The number of fused-ring (bicyclic) bond motifs is 2. The monoisotopic (exact) mass is 340 g/mol. The molecule has 2 heterocycles. The fraction of sp³-hybridized carbons (Fsp3) is 0.500. The third kappa shape index (κ3) is 2.67. The Hall–Kier alpha value is -2.14. The number of carbonyl (C=O) groups is 1. The maximum Gasteiger partial charge on any atom is 0.258 e. The maximum absolute atomic E-state index is 13.2. The van der Waals surface area contributed by atoms with E-state index < -0.39 is 5.60 Å². The fourth-order valence-electron chi connectivity index (χ4n) is 4.51. The lowest BCUT2D eigenvalue weighted by atomic mass is 9.71. The summed E-state index contributed by atoms with van der Waals surface area (Å²) >= 11 is 0. The van der Waals surface area contributed by atoms with Crippen LogP contribution in [0.15, 0.2) is 35.3 Å². The fourth-order valence-corrected chi connectivity index (χ4v) is 4.51. The lowest BCUT2D eigenvalue weighted by Gasteiger charge is -2.47. The second-order valence-corrected chi connectivity index (χ2v) is 7.55. The van der Waals surface area contributed by atoms with Gasteiger partial charge in [0.05, 0.1) is 11.2 Å². The minimum absolute atomic E-state index is 0.0422. The van der Waals surface area contributed by atoms with Crippen LogP contribution in [0.4, 0.5) is 0 Å². The zero-order valence-corrected chi connectivity index (χ0v) is 14.6. The molecule has 2 atom stereocenters. The van der Waals surface area contributed by atoms with E-state index in [-0.39, 0.29) is 17.4 Å². The first kappa shape index (κ1) is 16.3. The molecule has 1 amide bonds. The van der Waals surface area contributed by atoms with Crippen molar-refractivity contribution < 1.29 is 9.90 Å². The molecule has 2 fully saturated rings. The predicted octanol–water partition coefficient (Wildman–Crippen LogP) is 2.31. The summed E-state index contributed by atoms with van der Waals surface area (Å²) in [7, 11) is 1.68. The molecule has 0 spiro atoms. The number of hydrogen-bond donors (Lipinski definition) is 1. The van der Waals surface area contributed by atoms with Gasteiger partial charge in [-0.05, 0) is 25.3 Å². The van der Waals surface area contributed by atoms with Gasteiger partial charge in [0.2, 0.25) is 0 Å². The highest BCUT2D eigenvalue weighted by atomic mass is 16.3. The van der Waals surface area contributed by atoms with Gasteiger partial charge in [0.15, 0.2) is 0 Å². The number of pyridine rings is 1. The van der Waals surface area contributed by atoms with Crippen LogP contribution in [0.2, 0.25) is 0 Å². The van der Waals surface area contributed by atoms with Crippen LogP contribution in [0, 0.1) is 5.92 Å². The molecule has 2 aromatic rings. The van der Waals surface area contributed by atoms with E-state index >= 15 is 0 Å². The van der Waals surface area contributed by atoms with E-state index in [1.807, 2.05) is 23.1 Å². The van der Waals surface area contributed by atoms with Crippen molar-refractivity contribution in [2.45, 2.75) is 37.7 Å². The lowest BCUT2D eigenvalue weighted by molar-refractivity contribution is -0.0886. The number of nitrogens with zero attached hydrogens (tertiary/aromatic N) is 2. The van der Waals surface area contributed by atoms with Crippen LogP contribution in [0.25, 0.3) is 10.8 Å². The van der Waals surface area contributed by atoms with E-state index in [2.05, 4.69) is 0 Å². The maximum atomic E-state index is 13.2. The van der Waals surface area contributed by atoms with Crippen molar-refractivity contribution in [1.29, 1.82) is 0 Å². The van der Waals surface area contributed by atoms with Crippen molar-refractivity contribution in [2.75, 3.05) is 13.1 Å². The molecule has 1 N–H and O–H groups in total. The van der Waals surface area contributed by atoms with Gasteiger partial charge in [0.25, 0.3) is 11.5 Å². The highest BCUT2D eigenvalue weighted by Gasteiger charge is 2.43. The van der Waals surface area contributed by atoms with E-state index in [1.165, 1.54) is 4.57 Å². The number of piperidine rings is 1. The van der Waals surface area contributed by atoms with Crippen LogP contribution in [-0.4, -0.2) is 39.2 Å². The van der Waals surface area contributed by atoms with Gasteiger partial charge in [0.1, 0.15) is 0 Å². The van der Waals surface area contributed by atoms with Gasteiger partial charge in [-0.15, -0.1) is 0 Å². The Kier molecular flexibility index (Phi) is 3.91. The van der Waals surface area contributed by atoms with Crippen molar-refractivity contribution in [2.24, 2.45) is 13.0 Å². The lowest BCUT2D eigenvalue weighted by Crippen LogP contribution is -2.54. The largest absolute Gasteiger partial charge is 0.389 e. The molecule has 132 valence electrons. The van der Waals surface area contributed by atoms with Crippen molar-refractivity contribution in [3.8, 4) is 0 Å². The normalized spacial score (nSPS) is 26.5. The van der Waals surface area contributed by atoms with Crippen molar-refractivity contribution in [3.05, 3.63) is 46.4 Å². The van der Waals surface area contributed by atoms with Gasteiger partial charge in [-0.1, -0.05) is 31.0 Å². The Morgan fingerprint density at radius 1 is 1.20 bits per heavy atom. The molecule has 4 rings (SSSR count). The molecule has 1 aliphatic heterocycles. The van der Waals surface area contributed by atoms with E-state index in [4.69, 9.17) is 0 Å². The number of aromatic nitrogens is 1. The number of carbonyl (C=O) groups excluding carboxylic acids is 1. The molecular formula is C20H24N2O3. The Balaban J connectivity index is 1.69. The second-order valence-electron chi connectivity index (χ2n) is 7.55. The number of rotatable bonds is 1. The molecule has 5 nitrogen and oxygen atoms in total. The third-order valence-corrected chi connectivity index (χ3v) is 6.04. The van der Waals surface area contributed by atoms with Crippen LogP contribution in [0.1, 0.15) is 42.5 Å². The molecule has 1 aromatic heterocycles. The van der Waals surface area contributed by atoms with E-state index in [1.54, 1.807) is 19.3 Å². The molecule has 1 aliphatic carbocycles. The highest BCUT2D eigenvalue weighted by molar-refractivity contribution is 6.06. The summed E-state index contributed by atoms with van der Waals surface area (Å²) in [5.41, 5.74) is -0.118. The minimum Gasteiger partial charge on any atom is -0.389 e. The van der Waals surface area contributed by atoms with Gasteiger partial charge >= 0.3 is 0 Å². The minimum atomic E-state index is -0.597. The summed E-state index contributed by atoms with van der Waals surface area (Å²) in [6.07, 6.45) is 6.32. The van der Waals surface area contributed by atoms with Crippen molar-refractivity contribution >= 4 is 16.7 Å². The van der Waals surface area contributed by atoms with Gasteiger partial charge in [0, 0.05) is 43.0 Å². The first-order chi connectivity index (χ1) is 12.0. The number of benzene rings is 1. The molecule has 1 aromatic carbocycles. The van der Waals surface area contributed by atoms with Crippen molar-refractivity contribution in [3.63, 3.8) is 0 Å². The summed E-state index contributed by atoms with van der Waals surface area (Å²) < 4.78 is 1.48. The van der Waals surface area contributed by atoms with Crippen LogP contribution in [0.5, 0.6) is 0 Å². The Labute approximate surface area is 146 Å². The molecule has 5 heteroatoms. The quantitative estimate of drug-likeness (QED) is 0.866. The Bertz CT molecular complexity index is 888. The first-order valence-corrected chi connectivity index (χ1v) is 9.10. The summed E-state index contributed by atoms with van der Waals surface area (Å²) in [5.74, 6) is 0.122. The number of aryl methyl sites for hydroxylation is 1. The Morgan fingerprint density at radius 3 is 2.76 bits per heavy atom. The van der Waals surface area contributed by atoms with Crippen LogP contribution >= 0.6 is 0 Å². The molecular weight excluding hydrogens is 316 g/mol. The van der Waals surface area contributed by atoms with Gasteiger partial charge in [-0.25, -0.2) is 0 Å². The summed E-state index contributed by atoms with van der Waals surface area (Å²) in [6.45, 7) is 1.18. The number of likely N-dealkylation sites (tertiary alicyclic amines) is 1. The SMILES string of the molecule is Cn1cc(C(=O)N2CCC3(O)CCCCC3C2)c2ccccc2c1=O. The topological polar surface area (TPSA) is 62.5 Å². The van der Waals surface area contributed by atoms with Crippen LogP contribution in [0.3, 0.4) is 0 Å². The van der Waals surface area contributed by atoms with Gasteiger partial charge in [-0.3, -0.25) is 9.59 Å². The molecule has 25 heavy (non-hydrogen) atoms. The summed E-state index contributed by atoms with van der Waals surface area (Å²) in [5, 5.41) is 12.1. The predicted molar refractivity (Wildman–Crippen MR) is 96.6 cm³/mol. The van der Waals surface area contributed by atoms with Crippen LogP contribution < -0.4 is 5.56 Å². The number of hydrogen-bond acceptors (Lipinski definition) is 3. The van der Waals surface area contributed by atoms with E-state index in [0.717, 1.165) is 25.7 Å². The Morgan fingerprint density at radius 2 is 1.96 bits per heavy atom. The smallest absolute Gasteiger partial charge is 0.258 e. The molecule has 1 saturated heterocycles. The number of amides is 1. The van der Waals surface area contributed by atoms with Crippen molar-refractivity contribution in [1.82, 2.24) is 9.47 Å². The number of aliphatic hydroxyl groups is 1. The van der Waals surface area contributed by atoms with E-state index in [9.17, 15) is 14.7 Å². The molecule has 0 bridgehead atoms. The van der Waals surface area contributed by atoms with Gasteiger partial charge in [-0.2, -0.15) is 0 Å². The molecule has 2 aliphatic rings.